The number of nitrogens with one attached hydrogen (secondary N) is 2. The van der Waals surface area contributed by atoms with Gasteiger partial charge in [-0.3, -0.25) is 14.9 Å². The number of nitrogens with zero attached hydrogens (tertiary/aromatic N) is 3. The zero-order valence-electron chi connectivity index (χ0n) is 11.4. The van der Waals surface area contributed by atoms with Gasteiger partial charge in [0.05, 0.1) is 0 Å². The molecule has 0 radical (unpaired) electrons. The van der Waals surface area contributed by atoms with Crippen molar-refractivity contribution in [1.82, 2.24) is 15.2 Å². The van der Waals surface area contributed by atoms with Crippen LogP contribution >= 0.6 is 0 Å². The highest BCUT2D eigenvalue weighted by Gasteiger charge is 2.19. The van der Waals surface area contributed by atoms with Crippen LogP contribution in [0.15, 0.2) is 30.6 Å². The molecule has 0 atom stereocenters. The van der Waals surface area contributed by atoms with Gasteiger partial charge in [0.15, 0.2) is 0 Å². The van der Waals surface area contributed by atoms with E-state index in [-0.39, 0.29) is 11.8 Å². The van der Waals surface area contributed by atoms with Crippen molar-refractivity contribution >= 4 is 23.5 Å². The van der Waals surface area contributed by atoms with Crippen LogP contribution in [-0.4, -0.2) is 33.5 Å². The average Bonchev–Trinajstić information content (AvgIpc) is 3.01. The lowest BCUT2D eigenvalue weighted by atomic mass is 10.1. The van der Waals surface area contributed by atoms with Crippen LogP contribution in [0.25, 0.3) is 0 Å². The van der Waals surface area contributed by atoms with Crippen LogP contribution in [0.5, 0.6) is 0 Å². The number of anilines is 2. The average molecular weight is 285 g/mol. The Morgan fingerprint density at radius 1 is 1.24 bits per heavy atom. The maximum Gasteiger partial charge on any atom is 0.258 e. The second-order valence-corrected chi connectivity index (χ2v) is 4.84. The SMILES string of the molecule is O=C(Nc1ncn[nH]1)c1ccc(N2CCCCC2=O)cc1. The van der Waals surface area contributed by atoms with Gasteiger partial charge < -0.3 is 4.90 Å². The maximum atomic E-state index is 12.0. The third-order valence-corrected chi connectivity index (χ3v) is 3.41. The molecule has 2 aromatic rings. The Balaban J connectivity index is 1.71. The highest BCUT2D eigenvalue weighted by atomic mass is 16.2. The fourth-order valence-corrected chi connectivity index (χ4v) is 2.32. The van der Waals surface area contributed by atoms with Gasteiger partial charge in [0.2, 0.25) is 11.9 Å². The molecule has 1 aliphatic heterocycles. The van der Waals surface area contributed by atoms with Crippen LogP contribution in [0.2, 0.25) is 0 Å². The molecule has 7 nitrogen and oxygen atoms in total. The molecule has 1 saturated heterocycles. The summed E-state index contributed by atoms with van der Waals surface area (Å²) in [5.74, 6) is 0.165. The third kappa shape index (κ3) is 2.91. The molecular formula is C14H15N5O2. The topological polar surface area (TPSA) is 91.0 Å². The summed E-state index contributed by atoms with van der Waals surface area (Å²) >= 11 is 0. The van der Waals surface area contributed by atoms with E-state index in [1.165, 1.54) is 6.33 Å². The smallest absolute Gasteiger partial charge is 0.258 e. The Kier molecular flexibility index (Phi) is 3.63. The number of carbonyl (C=O) groups excluding carboxylic acids is 2. The minimum absolute atomic E-state index is 0.139. The zero-order valence-corrected chi connectivity index (χ0v) is 11.4. The van der Waals surface area contributed by atoms with Gasteiger partial charge in [-0.2, -0.15) is 10.1 Å². The van der Waals surface area contributed by atoms with E-state index >= 15 is 0 Å². The monoisotopic (exact) mass is 285 g/mol. The van der Waals surface area contributed by atoms with Crippen LogP contribution in [-0.2, 0) is 4.79 Å². The van der Waals surface area contributed by atoms with Gasteiger partial charge in [0, 0.05) is 24.2 Å². The molecule has 0 spiro atoms. The Hall–Kier alpha value is -2.70. The standard InChI is InChI=1S/C14H15N5O2/c20-12-3-1-2-8-19(12)11-6-4-10(5-7-11)13(21)17-14-15-9-16-18-14/h4-7,9H,1-3,8H2,(H2,15,16,17,18,21). The van der Waals surface area contributed by atoms with Gasteiger partial charge in [0.25, 0.3) is 5.91 Å². The summed E-state index contributed by atoms with van der Waals surface area (Å²) in [6, 6.07) is 6.98. The number of H-pyrrole nitrogens is 1. The highest BCUT2D eigenvalue weighted by Crippen LogP contribution is 2.21. The van der Waals surface area contributed by atoms with Crippen molar-refractivity contribution in [2.24, 2.45) is 0 Å². The molecular weight excluding hydrogens is 270 g/mol. The predicted molar refractivity (Wildman–Crippen MR) is 77.0 cm³/mol. The van der Waals surface area contributed by atoms with Gasteiger partial charge in [-0.25, -0.2) is 5.10 Å². The van der Waals surface area contributed by atoms with Gasteiger partial charge in [-0.1, -0.05) is 0 Å². The lowest BCUT2D eigenvalue weighted by Gasteiger charge is -2.26. The molecule has 2 N–H and O–H groups in total. The minimum atomic E-state index is -0.275. The molecule has 2 amide bonds. The largest absolute Gasteiger partial charge is 0.312 e. The number of rotatable bonds is 3. The zero-order chi connectivity index (χ0) is 14.7. The fourth-order valence-electron chi connectivity index (χ4n) is 2.32. The first kappa shape index (κ1) is 13.3. The summed E-state index contributed by atoms with van der Waals surface area (Å²) in [6.07, 6.45) is 3.88. The van der Waals surface area contributed by atoms with Gasteiger partial charge in [-0.05, 0) is 37.1 Å². The summed E-state index contributed by atoms with van der Waals surface area (Å²) in [5.41, 5.74) is 1.33. The quantitative estimate of drug-likeness (QED) is 0.895. The number of amides is 2. The van der Waals surface area contributed by atoms with Crippen LogP contribution in [0, 0.1) is 0 Å². The summed E-state index contributed by atoms with van der Waals surface area (Å²) in [7, 11) is 0. The Bertz CT molecular complexity index is 636. The third-order valence-electron chi connectivity index (χ3n) is 3.41. The molecule has 1 aliphatic rings. The number of carbonyl (C=O) groups is 2. The van der Waals surface area contributed by atoms with Crippen LogP contribution in [0.1, 0.15) is 29.6 Å². The van der Waals surface area contributed by atoms with Gasteiger partial charge in [-0.15, -0.1) is 0 Å². The molecule has 0 bridgehead atoms. The molecule has 2 heterocycles. The first-order valence-electron chi connectivity index (χ1n) is 6.81. The summed E-state index contributed by atoms with van der Waals surface area (Å²) in [5, 5.41) is 8.82. The number of aromatic nitrogens is 3. The van der Waals surface area contributed by atoms with E-state index in [0.29, 0.717) is 17.9 Å². The first-order chi connectivity index (χ1) is 10.2. The minimum Gasteiger partial charge on any atom is -0.312 e. The highest BCUT2D eigenvalue weighted by molar-refractivity contribution is 6.03. The molecule has 1 aromatic carbocycles. The van der Waals surface area contributed by atoms with E-state index in [0.717, 1.165) is 25.1 Å². The number of hydrogen-bond donors (Lipinski definition) is 2. The maximum absolute atomic E-state index is 12.0. The van der Waals surface area contributed by atoms with Gasteiger partial charge in [0.1, 0.15) is 6.33 Å². The Labute approximate surface area is 121 Å². The van der Waals surface area contributed by atoms with Crippen LogP contribution < -0.4 is 10.2 Å². The van der Waals surface area contributed by atoms with Crippen LogP contribution in [0.4, 0.5) is 11.6 Å². The predicted octanol–water partition coefficient (Wildman–Crippen LogP) is 1.57. The van der Waals surface area contributed by atoms with Gasteiger partial charge >= 0.3 is 0 Å². The second kappa shape index (κ2) is 5.74. The normalized spacial score (nSPS) is 15.0. The van der Waals surface area contributed by atoms with Crippen molar-refractivity contribution in [1.29, 1.82) is 0 Å². The van der Waals surface area contributed by atoms with E-state index in [2.05, 4.69) is 20.5 Å². The van der Waals surface area contributed by atoms with E-state index in [9.17, 15) is 9.59 Å². The van der Waals surface area contributed by atoms with E-state index < -0.39 is 0 Å². The number of piperidine rings is 1. The fraction of sp³-hybridized carbons (Fsp3) is 0.286. The summed E-state index contributed by atoms with van der Waals surface area (Å²) < 4.78 is 0. The van der Waals surface area contributed by atoms with Crippen LogP contribution in [0.3, 0.4) is 0 Å². The second-order valence-electron chi connectivity index (χ2n) is 4.84. The molecule has 0 saturated carbocycles. The summed E-state index contributed by atoms with van der Waals surface area (Å²) in [4.78, 5) is 29.4. The number of aromatic amines is 1. The van der Waals surface area contributed by atoms with Crippen molar-refractivity contribution < 1.29 is 9.59 Å². The molecule has 21 heavy (non-hydrogen) atoms. The Morgan fingerprint density at radius 2 is 2.05 bits per heavy atom. The van der Waals surface area contributed by atoms with Crippen molar-refractivity contribution in [2.75, 3.05) is 16.8 Å². The first-order valence-corrected chi connectivity index (χ1v) is 6.81. The van der Waals surface area contributed by atoms with Crippen molar-refractivity contribution in [3.63, 3.8) is 0 Å². The molecule has 108 valence electrons. The molecule has 0 unspecified atom stereocenters. The summed E-state index contributed by atoms with van der Waals surface area (Å²) in [6.45, 7) is 0.739. The van der Waals surface area contributed by atoms with Crippen molar-refractivity contribution in [3.8, 4) is 0 Å². The molecule has 1 aromatic heterocycles. The molecule has 0 aliphatic carbocycles. The van der Waals surface area contributed by atoms with Crippen molar-refractivity contribution in [2.45, 2.75) is 19.3 Å². The lowest BCUT2D eigenvalue weighted by molar-refractivity contribution is -0.119. The number of benzene rings is 1. The van der Waals surface area contributed by atoms with Crippen molar-refractivity contribution in [3.05, 3.63) is 36.2 Å². The molecule has 1 fully saturated rings. The molecule has 3 rings (SSSR count). The van der Waals surface area contributed by atoms with E-state index in [4.69, 9.17) is 0 Å². The lowest BCUT2D eigenvalue weighted by Crippen LogP contribution is -2.35. The number of hydrogen-bond acceptors (Lipinski definition) is 4. The van der Waals surface area contributed by atoms with E-state index in [1.807, 2.05) is 0 Å². The molecule has 7 heteroatoms. The van der Waals surface area contributed by atoms with E-state index in [1.54, 1.807) is 29.2 Å². The Morgan fingerprint density at radius 3 is 2.71 bits per heavy atom.